The third kappa shape index (κ3) is 1.35. The molecular weight excluding hydrogens is 146 g/mol. The van der Waals surface area contributed by atoms with Gasteiger partial charge in [0, 0.05) is 11.8 Å². The van der Waals surface area contributed by atoms with E-state index in [9.17, 15) is 0 Å². The molecule has 1 aromatic carbocycles. The van der Waals surface area contributed by atoms with Gasteiger partial charge in [-0.2, -0.15) is 0 Å². The molecule has 12 heavy (non-hydrogen) atoms. The van der Waals surface area contributed by atoms with E-state index in [0.717, 1.165) is 11.3 Å². The molecule has 2 aromatic rings. The fourth-order valence-electron chi connectivity index (χ4n) is 1.09. The van der Waals surface area contributed by atoms with Crippen LogP contribution in [0.5, 0.6) is 0 Å². The number of rotatable bonds is 1. The summed E-state index contributed by atoms with van der Waals surface area (Å²) >= 11 is 0. The Labute approximate surface area is 73.1 Å². The average Bonchev–Trinajstić information content (AvgIpc) is 2.20. The summed E-state index contributed by atoms with van der Waals surface area (Å²) in [5.41, 5.74) is 2.00. The molecule has 0 unspecified atom stereocenters. The molecule has 2 rings (SSSR count). The molecule has 0 aliphatic carbocycles. The van der Waals surface area contributed by atoms with Crippen molar-refractivity contribution in [3.8, 4) is 11.3 Å². The van der Waals surface area contributed by atoms with Gasteiger partial charge in [-0.15, -0.1) is 0 Å². The highest BCUT2D eigenvalue weighted by atomic mass is 14.7. The molecule has 1 heteroatoms. The van der Waals surface area contributed by atoms with Gasteiger partial charge in [-0.25, -0.2) is 0 Å². The van der Waals surface area contributed by atoms with Crippen molar-refractivity contribution in [2.45, 2.75) is 0 Å². The van der Waals surface area contributed by atoms with Gasteiger partial charge in [-0.1, -0.05) is 36.4 Å². The fraction of sp³-hybridized carbons (Fsp3) is 0. The second-order valence-corrected chi connectivity index (χ2v) is 2.50. The molecule has 0 spiro atoms. The molecule has 0 bridgehead atoms. The molecule has 1 aromatic heterocycles. The van der Waals surface area contributed by atoms with Gasteiger partial charge in [0.25, 0.3) is 0 Å². The predicted octanol–water partition coefficient (Wildman–Crippen LogP) is 2.75. The Morgan fingerprint density at radius 3 is 2.50 bits per heavy atom. The summed E-state index contributed by atoms with van der Waals surface area (Å²) < 4.78 is 7.33. The van der Waals surface area contributed by atoms with E-state index in [1.165, 1.54) is 0 Å². The Morgan fingerprint density at radius 1 is 1.00 bits per heavy atom. The van der Waals surface area contributed by atoms with Crippen LogP contribution in [0.3, 0.4) is 0 Å². The van der Waals surface area contributed by atoms with Gasteiger partial charge >= 0.3 is 0 Å². The van der Waals surface area contributed by atoms with E-state index in [0.29, 0.717) is 6.04 Å². The van der Waals surface area contributed by atoms with E-state index in [2.05, 4.69) is 4.98 Å². The second-order valence-electron chi connectivity index (χ2n) is 2.50. The van der Waals surface area contributed by atoms with Crippen LogP contribution >= 0.6 is 0 Å². The van der Waals surface area contributed by atoms with Crippen LogP contribution in [0.15, 0.2) is 54.7 Å². The first-order valence-corrected chi connectivity index (χ1v) is 3.84. The van der Waals surface area contributed by atoms with Crippen LogP contribution in [-0.4, -0.2) is 4.98 Å². The lowest BCUT2D eigenvalue weighted by atomic mass is 10.1. The van der Waals surface area contributed by atoms with Crippen molar-refractivity contribution >= 4 is 0 Å². The van der Waals surface area contributed by atoms with Crippen LogP contribution in [0.1, 0.15) is 1.37 Å². The van der Waals surface area contributed by atoms with Crippen molar-refractivity contribution in [3.05, 3.63) is 54.7 Å². The zero-order valence-corrected chi connectivity index (χ0v) is 6.57. The molecule has 58 valence electrons. The van der Waals surface area contributed by atoms with Gasteiger partial charge in [-0.3, -0.25) is 4.98 Å². The summed E-state index contributed by atoms with van der Waals surface area (Å²) in [5.74, 6) is 0. The molecular formula is C11H9N. The lowest BCUT2D eigenvalue weighted by molar-refractivity contribution is 1.33. The number of aromatic nitrogens is 1. The molecule has 0 N–H and O–H groups in total. The minimum absolute atomic E-state index is 0.527. The van der Waals surface area contributed by atoms with Crippen molar-refractivity contribution in [3.63, 3.8) is 0 Å². The topological polar surface area (TPSA) is 12.9 Å². The number of nitrogens with zero attached hydrogens (tertiary/aromatic N) is 1. The van der Waals surface area contributed by atoms with E-state index in [4.69, 9.17) is 1.37 Å². The van der Waals surface area contributed by atoms with Crippen molar-refractivity contribution in [2.24, 2.45) is 0 Å². The summed E-state index contributed by atoms with van der Waals surface area (Å²) in [7, 11) is 0. The third-order valence-corrected chi connectivity index (χ3v) is 1.68. The van der Waals surface area contributed by atoms with E-state index < -0.39 is 0 Å². The van der Waals surface area contributed by atoms with E-state index in [1.54, 1.807) is 18.3 Å². The second kappa shape index (κ2) is 3.18. The Morgan fingerprint density at radius 2 is 1.83 bits per heavy atom. The third-order valence-electron chi connectivity index (χ3n) is 1.68. The number of pyridine rings is 1. The van der Waals surface area contributed by atoms with Gasteiger partial charge in [0.05, 0.1) is 7.06 Å². The lowest BCUT2D eigenvalue weighted by Crippen LogP contribution is -1.79. The van der Waals surface area contributed by atoms with Crippen LogP contribution < -0.4 is 0 Å². The zero-order chi connectivity index (χ0) is 9.10. The quantitative estimate of drug-likeness (QED) is 0.618. The first kappa shape index (κ1) is 5.95. The predicted molar refractivity (Wildman–Crippen MR) is 49.7 cm³/mol. The van der Waals surface area contributed by atoms with Crippen LogP contribution in [0, 0.1) is 0 Å². The van der Waals surface area contributed by atoms with Gasteiger partial charge in [0.2, 0.25) is 0 Å². The van der Waals surface area contributed by atoms with Gasteiger partial charge in [0.15, 0.2) is 0 Å². The number of hydrogen-bond acceptors (Lipinski definition) is 1. The van der Waals surface area contributed by atoms with Crippen molar-refractivity contribution in [1.29, 1.82) is 0 Å². The molecule has 0 saturated carbocycles. The molecule has 0 radical (unpaired) electrons. The molecule has 0 fully saturated rings. The summed E-state index contributed by atoms with van der Waals surface area (Å²) in [5, 5.41) is 0. The van der Waals surface area contributed by atoms with E-state index >= 15 is 0 Å². The highest BCUT2D eigenvalue weighted by Crippen LogP contribution is 2.14. The lowest BCUT2D eigenvalue weighted by Gasteiger charge is -1.97. The highest BCUT2D eigenvalue weighted by Gasteiger charge is 1.93. The molecule has 0 saturated heterocycles. The SMILES string of the molecule is [2H]c1ccc(-c2ccccn2)cc1. The monoisotopic (exact) mass is 156 g/mol. The summed E-state index contributed by atoms with van der Waals surface area (Å²) in [6.45, 7) is 0. The maximum Gasteiger partial charge on any atom is 0.0701 e. The van der Waals surface area contributed by atoms with Gasteiger partial charge < -0.3 is 0 Å². The van der Waals surface area contributed by atoms with E-state index in [1.807, 2.05) is 30.3 Å². The average molecular weight is 156 g/mol. The highest BCUT2D eigenvalue weighted by molar-refractivity contribution is 5.58. The van der Waals surface area contributed by atoms with Crippen molar-refractivity contribution in [2.75, 3.05) is 0 Å². The maximum atomic E-state index is 7.33. The minimum Gasteiger partial charge on any atom is -0.256 e. The Kier molecular flexibility index (Phi) is 1.58. The smallest absolute Gasteiger partial charge is 0.0701 e. The zero-order valence-electron chi connectivity index (χ0n) is 7.57. The normalized spacial score (nSPS) is 10.8. The van der Waals surface area contributed by atoms with Gasteiger partial charge in [-0.05, 0) is 12.1 Å². The van der Waals surface area contributed by atoms with Gasteiger partial charge in [0.1, 0.15) is 0 Å². The first-order chi connectivity index (χ1) is 6.36. The summed E-state index contributed by atoms with van der Waals surface area (Å²) in [6.07, 6.45) is 1.77. The van der Waals surface area contributed by atoms with Crippen molar-refractivity contribution < 1.29 is 1.37 Å². The molecule has 0 aliphatic rings. The largest absolute Gasteiger partial charge is 0.256 e. The number of hydrogen-bond donors (Lipinski definition) is 0. The van der Waals surface area contributed by atoms with Crippen molar-refractivity contribution in [1.82, 2.24) is 4.98 Å². The Bertz CT molecular complexity index is 381. The summed E-state index contributed by atoms with van der Waals surface area (Å²) in [4.78, 5) is 4.22. The fourth-order valence-corrected chi connectivity index (χ4v) is 1.09. The van der Waals surface area contributed by atoms with Crippen LogP contribution in [0.4, 0.5) is 0 Å². The molecule has 0 atom stereocenters. The summed E-state index contributed by atoms with van der Waals surface area (Å²) in [6, 6.07) is 13.7. The molecule has 1 nitrogen and oxygen atoms in total. The minimum atomic E-state index is 0.527. The number of benzene rings is 1. The van der Waals surface area contributed by atoms with Crippen LogP contribution in [0.2, 0.25) is 0 Å². The van der Waals surface area contributed by atoms with E-state index in [-0.39, 0.29) is 0 Å². The van der Waals surface area contributed by atoms with Crippen LogP contribution in [-0.2, 0) is 0 Å². The standard InChI is InChI=1S/C11H9N/c1-2-6-10(7-3-1)11-8-4-5-9-12-11/h1-9H/i1D. The Hall–Kier alpha value is -1.63. The molecule has 1 heterocycles. The molecule has 0 amide bonds. The molecule has 0 aliphatic heterocycles. The first-order valence-electron chi connectivity index (χ1n) is 4.34. The maximum absolute atomic E-state index is 7.33. The van der Waals surface area contributed by atoms with Crippen LogP contribution in [0.25, 0.3) is 11.3 Å². The Balaban J connectivity index is 2.42.